The molecule has 1 aromatic carbocycles. The molecule has 0 unspecified atom stereocenters. The summed E-state index contributed by atoms with van der Waals surface area (Å²) in [5.74, 6) is -0.351. The molecule has 3 aromatic rings. The van der Waals surface area contributed by atoms with Crippen molar-refractivity contribution in [2.75, 3.05) is 6.54 Å². The van der Waals surface area contributed by atoms with Crippen LogP contribution in [0.1, 0.15) is 25.3 Å². The third-order valence-corrected chi connectivity index (χ3v) is 4.88. The van der Waals surface area contributed by atoms with Crippen molar-refractivity contribution in [1.82, 2.24) is 15.1 Å². The number of thiophene rings is 1. The van der Waals surface area contributed by atoms with Crippen molar-refractivity contribution >= 4 is 23.3 Å². The lowest BCUT2D eigenvalue weighted by molar-refractivity contribution is -0.117. The molecule has 6 heteroatoms. The van der Waals surface area contributed by atoms with Gasteiger partial charge in [0.15, 0.2) is 0 Å². The van der Waals surface area contributed by atoms with E-state index in [9.17, 15) is 10.1 Å². The van der Waals surface area contributed by atoms with E-state index in [1.807, 2.05) is 60.1 Å². The van der Waals surface area contributed by atoms with E-state index in [1.54, 1.807) is 22.1 Å². The van der Waals surface area contributed by atoms with Crippen LogP contribution < -0.4 is 5.32 Å². The summed E-state index contributed by atoms with van der Waals surface area (Å²) in [5.41, 5.74) is 2.49. The Bertz CT molecular complexity index is 966. The number of carbonyl (C=O) groups excluding carboxylic acids is 1. The van der Waals surface area contributed by atoms with Gasteiger partial charge in [0.05, 0.1) is 10.6 Å². The van der Waals surface area contributed by atoms with E-state index in [1.165, 1.54) is 0 Å². The van der Waals surface area contributed by atoms with Crippen molar-refractivity contribution in [2.45, 2.75) is 19.8 Å². The van der Waals surface area contributed by atoms with Gasteiger partial charge in [-0.1, -0.05) is 37.6 Å². The summed E-state index contributed by atoms with van der Waals surface area (Å²) in [7, 11) is 0. The smallest absolute Gasteiger partial charge is 0.261 e. The lowest BCUT2D eigenvalue weighted by atomic mass is 10.1. The number of nitrogens with zero attached hydrogens (tertiary/aromatic N) is 3. The Balaban J connectivity index is 1.99. The minimum absolute atomic E-state index is 0.0801. The van der Waals surface area contributed by atoms with Crippen LogP contribution in [0.5, 0.6) is 0 Å². The van der Waals surface area contributed by atoms with E-state index in [4.69, 9.17) is 0 Å². The molecule has 0 radical (unpaired) electrons. The molecule has 0 spiro atoms. The van der Waals surface area contributed by atoms with E-state index >= 15 is 0 Å². The maximum Gasteiger partial charge on any atom is 0.261 e. The Morgan fingerprint density at radius 2 is 2.11 bits per heavy atom. The first-order valence-electron chi connectivity index (χ1n) is 8.82. The SMILES string of the molecule is CCCCNC(=O)/C(C#N)=C/c1cn(-c2ccccc2)nc1-c1cccs1. The number of nitriles is 1. The summed E-state index contributed by atoms with van der Waals surface area (Å²) in [6, 6.07) is 15.7. The minimum atomic E-state index is -0.351. The molecule has 1 amide bonds. The van der Waals surface area contributed by atoms with E-state index in [-0.39, 0.29) is 11.5 Å². The lowest BCUT2D eigenvalue weighted by Gasteiger charge is -2.02. The number of aromatic nitrogens is 2. The number of rotatable bonds is 7. The quantitative estimate of drug-likeness (QED) is 0.377. The monoisotopic (exact) mass is 376 g/mol. The Hall–Kier alpha value is -3.17. The number of benzene rings is 1. The van der Waals surface area contributed by atoms with Crippen molar-refractivity contribution in [2.24, 2.45) is 0 Å². The molecular weight excluding hydrogens is 356 g/mol. The summed E-state index contributed by atoms with van der Waals surface area (Å²) >= 11 is 1.57. The molecule has 0 saturated heterocycles. The van der Waals surface area contributed by atoms with Crippen LogP contribution in [0.15, 0.2) is 59.6 Å². The summed E-state index contributed by atoms with van der Waals surface area (Å²) < 4.78 is 1.77. The zero-order valence-corrected chi connectivity index (χ0v) is 15.9. The summed E-state index contributed by atoms with van der Waals surface area (Å²) in [4.78, 5) is 13.3. The first-order chi connectivity index (χ1) is 13.2. The van der Waals surface area contributed by atoms with E-state index in [2.05, 4.69) is 17.3 Å². The van der Waals surface area contributed by atoms with Gasteiger partial charge in [-0.15, -0.1) is 11.3 Å². The lowest BCUT2D eigenvalue weighted by Crippen LogP contribution is -2.25. The average molecular weight is 376 g/mol. The summed E-state index contributed by atoms with van der Waals surface area (Å²) in [6.07, 6.45) is 5.33. The Kier molecular flexibility index (Phi) is 6.18. The number of unbranched alkanes of at least 4 members (excludes halogenated alkanes) is 1. The normalized spacial score (nSPS) is 11.2. The van der Waals surface area contributed by atoms with Crippen molar-refractivity contribution in [1.29, 1.82) is 5.26 Å². The van der Waals surface area contributed by atoms with Gasteiger partial charge in [-0.25, -0.2) is 4.68 Å². The van der Waals surface area contributed by atoms with E-state index in [0.717, 1.165) is 34.7 Å². The van der Waals surface area contributed by atoms with Crippen molar-refractivity contribution < 1.29 is 4.79 Å². The third kappa shape index (κ3) is 4.52. The number of nitrogens with one attached hydrogen (secondary N) is 1. The fourth-order valence-electron chi connectivity index (χ4n) is 2.59. The molecule has 0 aliphatic rings. The zero-order chi connectivity index (χ0) is 19.1. The fraction of sp³-hybridized carbons (Fsp3) is 0.190. The predicted octanol–water partition coefficient (Wildman–Crippen LogP) is 4.42. The van der Waals surface area contributed by atoms with Gasteiger partial charge in [0.1, 0.15) is 17.3 Å². The summed E-state index contributed by atoms with van der Waals surface area (Å²) in [5, 5.41) is 18.9. The van der Waals surface area contributed by atoms with Gasteiger partial charge >= 0.3 is 0 Å². The van der Waals surface area contributed by atoms with Gasteiger partial charge in [0.25, 0.3) is 5.91 Å². The van der Waals surface area contributed by atoms with Crippen LogP contribution in [0.2, 0.25) is 0 Å². The van der Waals surface area contributed by atoms with Crippen molar-refractivity contribution in [3.05, 3.63) is 65.2 Å². The van der Waals surface area contributed by atoms with Crippen molar-refractivity contribution in [3.8, 4) is 22.3 Å². The van der Waals surface area contributed by atoms with Gasteiger partial charge in [0.2, 0.25) is 0 Å². The number of carbonyl (C=O) groups is 1. The van der Waals surface area contributed by atoms with E-state index in [0.29, 0.717) is 6.54 Å². The third-order valence-electron chi connectivity index (χ3n) is 4.00. The molecule has 136 valence electrons. The van der Waals surface area contributed by atoms with Crippen molar-refractivity contribution in [3.63, 3.8) is 0 Å². The topological polar surface area (TPSA) is 70.7 Å². The second-order valence-electron chi connectivity index (χ2n) is 5.97. The first kappa shape index (κ1) is 18.6. The van der Waals surface area contributed by atoms with Crippen LogP contribution in [0.4, 0.5) is 0 Å². The highest BCUT2D eigenvalue weighted by Crippen LogP contribution is 2.29. The Morgan fingerprint density at radius 3 is 2.78 bits per heavy atom. The number of amides is 1. The minimum Gasteiger partial charge on any atom is -0.351 e. The molecule has 0 saturated carbocycles. The molecule has 1 N–H and O–H groups in total. The molecule has 27 heavy (non-hydrogen) atoms. The largest absolute Gasteiger partial charge is 0.351 e. The van der Waals surface area contributed by atoms with Gasteiger partial charge in [-0.3, -0.25) is 4.79 Å². The van der Waals surface area contributed by atoms with Gasteiger partial charge in [-0.05, 0) is 36.1 Å². The maximum absolute atomic E-state index is 12.3. The predicted molar refractivity (Wildman–Crippen MR) is 108 cm³/mol. The van der Waals surface area contributed by atoms with Gasteiger partial charge in [-0.2, -0.15) is 10.4 Å². The second kappa shape index (κ2) is 8.97. The van der Waals surface area contributed by atoms with Crippen LogP contribution in [0.3, 0.4) is 0 Å². The molecule has 5 nitrogen and oxygen atoms in total. The highest BCUT2D eigenvalue weighted by Gasteiger charge is 2.15. The number of hydrogen-bond acceptors (Lipinski definition) is 4. The molecule has 0 fully saturated rings. The maximum atomic E-state index is 12.3. The van der Waals surface area contributed by atoms with Gasteiger partial charge < -0.3 is 5.32 Å². The average Bonchev–Trinajstić information content (AvgIpc) is 3.36. The Labute approximate surface area is 162 Å². The van der Waals surface area contributed by atoms with E-state index < -0.39 is 0 Å². The molecular formula is C21H20N4OS. The highest BCUT2D eigenvalue weighted by molar-refractivity contribution is 7.13. The standard InChI is InChI=1S/C21H20N4OS/c1-2-3-11-23-21(26)16(14-22)13-17-15-25(18-8-5-4-6-9-18)24-20(17)19-10-7-12-27-19/h4-10,12-13,15H,2-3,11H2,1H3,(H,23,26)/b16-13+. The fourth-order valence-corrected chi connectivity index (χ4v) is 3.32. The number of hydrogen-bond donors (Lipinski definition) is 1. The van der Waals surface area contributed by atoms with Crippen LogP contribution in [-0.2, 0) is 4.79 Å². The van der Waals surface area contributed by atoms with Crippen LogP contribution in [0.25, 0.3) is 22.3 Å². The molecule has 0 aliphatic carbocycles. The first-order valence-corrected chi connectivity index (χ1v) is 9.70. The van der Waals surface area contributed by atoms with Gasteiger partial charge in [0, 0.05) is 18.3 Å². The molecule has 3 rings (SSSR count). The molecule has 2 heterocycles. The van der Waals surface area contributed by atoms with Crippen LogP contribution >= 0.6 is 11.3 Å². The molecule has 2 aromatic heterocycles. The molecule has 0 aliphatic heterocycles. The Morgan fingerprint density at radius 1 is 1.30 bits per heavy atom. The molecule has 0 bridgehead atoms. The second-order valence-corrected chi connectivity index (χ2v) is 6.92. The molecule has 0 atom stereocenters. The summed E-state index contributed by atoms with van der Waals surface area (Å²) in [6.45, 7) is 2.62. The number of para-hydroxylation sites is 1. The highest BCUT2D eigenvalue weighted by atomic mass is 32.1. The van der Waals surface area contributed by atoms with Crippen LogP contribution in [0, 0.1) is 11.3 Å². The van der Waals surface area contributed by atoms with Crippen LogP contribution in [-0.4, -0.2) is 22.2 Å². The zero-order valence-electron chi connectivity index (χ0n) is 15.1.